The molecule has 0 bridgehead atoms. The van der Waals surface area contributed by atoms with E-state index >= 15 is 0 Å². The van der Waals surface area contributed by atoms with Crippen LogP contribution in [-0.4, -0.2) is 10.9 Å². The fraction of sp³-hybridized carbons (Fsp3) is 0.0312. The summed E-state index contributed by atoms with van der Waals surface area (Å²) in [5.41, 5.74) is 6.11. The van der Waals surface area contributed by atoms with Crippen molar-refractivity contribution in [1.82, 2.24) is 4.98 Å². The number of thiophene rings is 1. The van der Waals surface area contributed by atoms with E-state index in [1.165, 1.54) is 11.3 Å². The Morgan fingerprint density at radius 1 is 0.895 bits per heavy atom. The van der Waals surface area contributed by atoms with E-state index in [0.29, 0.717) is 33.1 Å². The molecule has 6 heteroatoms. The Labute approximate surface area is 223 Å². The minimum absolute atomic E-state index is 0.308. The average molecular weight is 512 g/mol. The van der Waals surface area contributed by atoms with Crippen LogP contribution in [0.25, 0.3) is 44.6 Å². The fourth-order valence-electron chi connectivity index (χ4n) is 4.48. The van der Waals surface area contributed by atoms with E-state index in [0.717, 1.165) is 33.4 Å². The van der Waals surface area contributed by atoms with Crippen LogP contribution in [0, 0.1) is 18.3 Å². The van der Waals surface area contributed by atoms with Crippen LogP contribution in [0.3, 0.4) is 0 Å². The number of hydrogen-bond acceptors (Lipinski definition) is 5. The first-order chi connectivity index (χ1) is 18.6. The third-order valence-electron chi connectivity index (χ3n) is 6.39. The van der Waals surface area contributed by atoms with E-state index in [-0.39, 0.29) is 5.91 Å². The van der Waals surface area contributed by atoms with Crippen LogP contribution in [0.5, 0.6) is 0 Å². The summed E-state index contributed by atoms with van der Waals surface area (Å²) in [6, 6.07) is 33.5. The highest BCUT2D eigenvalue weighted by atomic mass is 32.1. The molecule has 3 aromatic heterocycles. The molecule has 182 valence electrons. The summed E-state index contributed by atoms with van der Waals surface area (Å²) in [6.45, 7) is 1.87. The Hall–Kier alpha value is -4.99. The van der Waals surface area contributed by atoms with Crippen molar-refractivity contribution in [3.05, 3.63) is 119 Å². The maximum atomic E-state index is 13.6. The van der Waals surface area contributed by atoms with Gasteiger partial charge in [0.15, 0.2) is 5.76 Å². The topological polar surface area (TPSA) is 78.9 Å². The number of nitriles is 1. The maximum Gasteiger partial charge on any atom is 0.257 e. The first kappa shape index (κ1) is 23.4. The number of nitrogens with zero attached hydrogens (tertiary/aromatic N) is 2. The number of rotatable bonds is 5. The van der Waals surface area contributed by atoms with Gasteiger partial charge < -0.3 is 9.73 Å². The number of fused-ring (bicyclic) bond motifs is 1. The molecule has 1 N–H and O–H groups in total. The molecule has 0 fully saturated rings. The van der Waals surface area contributed by atoms with Crippen molar-refractivity contribution in [1.29, 1.82) is 5.26 Å². The zero-order valence-corrected chi connectivity index (χ0v) is 21.3. The number of carbonyl (C=O) groups excluding carboxylic acids is 1. The van der Waals surface area contributed by atoms with Gasteiger partial charge in [-0.1, -0.05) is 72.8 Å². The Kier molecular flexibility index (Phi) is 6.04. The number of aromatic nitrogens is 1. The average Bonchev–Trinajstić information content (AvgIpc) is 3.58. The van der Waals surface area contributed by atoms with Crippen LogP contribution < -0.4 is 5.32 Å². The number of hydrogen-bond donors (Lipinski definition) is 1. The summed E-state index contributed by atoms with van der Waals surface area (Å²) in [7, 11) is 0. The molecule has 0 saturated heterocycles. The Morgan fingerprint density at radius 3 is 2.34 bits per heavy atom. The van der Waals surface area contributed by atoms with Crippen molar-refractivity contribution >= 4 is 33.1 Å². The van der Waals surface area contributed by atoms with Gasteiger partial charge in [0.2, 0.25) is 0 Å². The number of furan rings is 1. The lowest BCUT2D eigenvalue weighted by molar-refractivity contribution is 0.102. The molecule has 0 aliphatic carbocycles. The monoisotopic (exact) mass is 511 g/mol. The highest BCUT2D eigenvalue weighted by Crippen LogP contribution is 2.36. The highest BCUT2D eigenvalue weighted by Gasteiger charge is 2.19. The van der Waals surface area contributed by atoms with Crippen molar-refractivity contribution < 1.29 is 9.21 Å². The molecule has 0 aliphatic heterocycles. The predicted molar refractivity (Wildman–Crippen MR) is 152 cm³/mol. The SMILES string of the molecule is Cc1ccc(-c2cc(C(=O)Nc3scc(-c4ccc(-c5ccccc5)cc4)c3C#N)c3ccccc3n2)o1. The van der Waals surface area contributed by atoms with E-state index in [4.69, 9.17) is 9.40 Å². The third kappa shape index (κ3) is 4.36. The number of pyridine rings is 1. The highest BCUT2D eigenvalue weighted by molar-refractivity contribution is 7.15. The van der Waals surface area contributed by atoms with E-state index in [1.807, 2.05) is 91.2 Å². The summed E-state index contributed by atoms with van der Waals surface area (Å²) in [6.07, 6.45) is 0. The normalized spacial score (nSPS) is 10.8. The Morgan fingerprint density at radius 2 is 1.61 bits per heavy atom. The Bertz CT molecular complexity index is 1830. The second-order valence-electron chi connectivity index (χ2n) is 8.85. The number of para-hydroxylation sites is 1. The van der Waals surface area contributed by atoms with Gasteiger partial charge in [-0.05, 0) is 47.9 Å². The minimum atomic E-state index is -0.308. The summed E-state index contributed by atoms with van der Waals surface area (Å²) >= 11 is 1.34. The zero-order valence-electron chi connectivity index (χ0n) is 20.4. The molecule has 38 heavy (non-hydrogen) atoms. The van der Waals surface area contributed by atoms with Gasteiger partial charge in [0.25, 0.3) is 5.91 Å². The molecular formula is C32H21N3O2S. The molecule has 0 radical (unpaired) electrons. The molecule has 6 rings (SSSR count). The summed E-state index contributed by atoms with van der Waals surface area (Å²) < 4.78 is 5.76. The number of amides is 1. The first-order valence-corrected chi connectivity index (χ1v) is 12.9. The summed E-state index contributed by atoms with van der Waals surface area (Å²) in [5, 5.41) is 16.1. The quantitative estimate of drug-likeness (QED) is 0.252. The smallest absolute Gasteiger partial charge is 0.257 e. The summed E-state index contributed by atoms with van der Waals surface area (Å²) in [4.78, 5) is 18.3. The number of nitrogens with one attached hydrogen (secondary N) is 1. The molecule has 0 spiro atoms. The van der Waals surface area contributed by atoms with Crippen molar-refractivity contribution in [2.75, 3.05) is 5.32 Å². The second-order valence-corrected chi connectivity index (χ2v) is 9.72. The van der Waals surface area contributed by atoms with Crippen LogP contribution in [0.4, 0.5) is 5.00 Å². The van der Waals surface area contributed by atoms with Gasteiger partial charge in [-0.2, -0.15) is 5.26 Å². The lowest BCUT2D eigenvalue weighted by atomic mass is 10.00. The van der Waals surface area contributed by atoms with Crippen LogP contribution in [0.15, 0.2) is 107 Å². The molecule has 3 aromatic carbocycles. The van der Waals surface area contributed by atoms with Crippen LogP contribution in [0.2, 0.25) is 0 Å². The Balaban J connectivity index is 1.33. The van der Waals surface area contributed by atoms with Crippen molar-refractivity contribution in [2.24, 2.45) is 0 Å². The van der Waals surface area contributed by atoms with Gasteiger partial charge in [-0.25, -0.2) is 4.98 Å². The number of aryl methyl sites for hydroxylation is 1. The molecule has 5 nitrogen and oxygen atoms in total. The number of anilines is 1. The standard InChI is InChI=1S/C32H21N3O2S/c1-20-11-16-30(37-20)29-17-25(24-9-5-6-10-28(24)34-29)31(36)35-32-26(18-33)27(19-38-32)23-14-12-22(13-15-23)21-7-3-2-4-8-21/h2-17,19H,1H3,(H,35,36). The van der Waals surface area contributed by atoms with Crippen LogP contribution in [-0.2, 0) is 0 Å². The van der Waals surface area contributed by atoms with Gasteiger partial charge in [0.05, 0.1) is 16.6 Å². The molecular weight excluding hydrogens is 490 g/mol. The number of carbonyl (C=O) groups is 1. The zero-order chi connectivity index (χ0) is 26.1. The van der Waals surface area contributed by atoms with Gasteiger partial charge in [-0.3, -0.25) is 4.79 Å². The number of benzene rings is 3. The molecule has 0 unspecified atom stereocenters. The van der Waals surface area contributed by atoms with E-state index in [9.17, 15) is 10.1 Å². The van der Waals surface area contributed by atoms with Gasteiger partial charge in [0.1, 0.15) is 22.5 Å². The van der Waals surface area contributed by atoms with Gasteiger partial charge in [-0.15, -0.1) is 11.3 Å². The van der Waals surface area contributed by atoms with Crippen LogP contribution in [0.1, 0.15) is 21.7 Å². The van der Waals surface area contributed by atoms with Crippen molar-refractivity contribution in [3.8, 4) is 39.8 Å². The predicted octanol–water partition coefficient (Wildman–Crippen LogP) is 8.32. The first-order valence-electron chi connectivity index (χ1n) is 12.1. The van der Waals surface area contributed by atoms with E-state index in [2.05, 4.69) is 23.5 Å². The summed E-state index contributed by atoms with van der Waals surface area (Å²) in [5.74, 6) is 1.05. The van der Waals surface area contributed by atoms with Crippen molar-refractivity contribution in [3.63, 3.8) is 0 Å². The fourth-order valence-corrected chi connectivity index (χ4v) is 5.39. The van der Waals surface area contributed by atoms with E-state index in [1.54, 1.807) is 6.07 Å². The van der Waals surface area contributed by atoms with Crippen molar-refractivity contribution in [2.45, 2.75) is 6.92 Å². The van der Waals surface area contributed by atoms with Gasteiger partial charge in [0, 0.05) is 16.3 Å². The second kappa shape index (κ2) is 9.81. The maximum absolute atomic E-state index is 13.6. The lowest BCUT2D eigenvalue weighted by Gasteiger charge is -2.09. The molecule has 0 saturated carbocycles. The minimum Gasteiger partial charge on any atom is -0.460 e. The molecule has 1 amide bonds. The van der Waals surface area contributed by atoms with E-state index < -0.39 is 0 Å². The lowest BCUT2D eigenvalue weighted by Crippen LogP contribution is -2.13. The molecule has 0 atom stereocenters. The van der Waals surface area contributed by atoms with Crippen LogP contribution >= 0.6 is 11.3 Å². The van der Waals surface area contributed by atoms with Gasteiger partial charge >= 0.3 is 0 Å². The molecule has 3 heterocycles. The molecule has 0 aliphatic rings. The third-order valence-corrected chi connectivity index (χ3v) is 7.28. The molecule has 6 aromatic rings. The largest absolute Gasteiger partial charge is 0.460 e.